The first-order valence-corrected chi connectivity index (χ1v) is 5.82. The van der Waals surface area contributed by atoms with Crippen LogP contribution >= 0.6 is 11.6 Å². The van der Waals surface area contributed by atoms with Crippen LogP contribution in [0.3, 0.4) is 0 Å². The number of benzene rings is 1. The van der Waals surface area contributed by atoms with Crippen molar-refractivity contribution in [3.8, 4) is 0 Å². The van der Waals surface area contributed by atoms with Gasteiger partial charge in [0.15, 0.2) is 5.78 Å². The van der Waals surface area contributed by atoms with Crippen LogP contribution in [0.2, 0.25) is 5.02 Å². The van der Waals surface area contributed by atoms with E-state index in [1.165, 1.54) is 0 Å². The Morgan fingerprint density at radius 1 is 1.19 bits per heavy atom. The predicted octanol–water partition coefficient (Wildman–Crippen LogP) is 3.56. The van der Waals surface area contributed by atoms with Crippen LogP contribution in [0.25, 0.3) is 0 Å². The summed E-state index contributed by atoms with van der Waals surface area (Å²) in [6.07, 6.45) is 0. The third-order valence-corrected chi connectivity index (χ3v) is 2.34. The molecule has 0 amide bonds. The van der Waals surface area contributed by atoms with E-state index in [-0.39, 0.29) is 11.8 Å². The second-order valence-electron chi connectivity index (χ2n) is 3.53. The van der Waals surface area contributed by atoms with Gasteiger partial charge in [0.05, 0.1) is 6.04 Å². The highest BCUT2D eigenvalue weighted by molar-refractivity contribution is 6.30. The smallest absolute Gasteiger partial charge is 0.151 e. The van der Waals surface area contributed by atoms with Gasteiger partial charge in [-0.2, -0.15) is 0 Å². The van der Waals surface area contributed by atoms with Crippen LogP contribution in [-0.2, 0) is 4.79 Å². The minimum absolute atomic E-state index is 0.136. The molecule has 16 heavy (non-hydrogen) atoms. The van der Waals surface area contributed by atoms with Crippen molar-refractivity contribution in [2.75, 3.05) is 14.1 Å². The largest absolute Gasteiger partial charge is 0.298 e. The third kappa shape index (κ3) is 4.33. The number of ketones is 1. The van der Waals surface area contributed by atoms with Crippen LogP contribution in [0, 0.1) is 0 Å². The summed E-state index contributed by atoms with van der Waals surface area (Å²) in [5, 5.41) is 0.690. The van der Waals surface area contributed by atoms with Crippen LogP contribution in [0.5, 0.6) is 0 Å². The average molecular weight is 242 g/mol. The quantitative estimate of drug-likeness (QED) is 0.807. The van der Waals surface area contributed by atoms with E-state index in [0.29, 0.717) is 5.02 Å². The molecule has 0 bridgehead atoms. The zero-order chi connectivity index (χ0) is 12.7. The number of carbonyl (C=O) groups excluding carboxylic acids is 1. The van der Waals surface area contributed by atoms with Crippen molar-refractivity contribution in [2.24, 2.45) is 0 Å². The fraction of sp³-hybridized carbons (Fsp3) is 0.462. The molecule has 1 unspecified atom stereocenters. The topological polar surface area (TPSA) is 20.3 Å². The van der Waals surface area contributed by atoms with Gasteiger partial charge in [-0.25, -0.2) is 0 Å². The predicted molar refractivity (Wildman–Crippen MR) is 69.9 cm³/mol. The van der Waals surface area contributed by atoms with E-state index < -0.39 is 0 Å². The van der Waals surface area contributed by atoms with E-state index in [1.807, 2.05) is 45.0 Å². The number of likely N-dealkylation sites (N-methyl/N-ethyl adjacent to an activating group) is 1. The minimum Gasteiger partial charge on any atom is -0.298 e. The summed E-state index contributed by atoms with van der Waals surface area (Å²) in [7, 11) is 3.78. The summed E-state index contributed by atoms with van der Waals surface area (Å²) < 4.78 is 0. The lowest BCUT2D eigenvalue weighted by atomic mass is 10.0. The minimum atomic E-state index is -0.174. The van der Waals surface area contributed by atoms with E-state index in [4.69, 9.17) is 11.6 Å². The van der Waals surface area contributed by atoms with Gasteiger partial charge in [-0.15, -0.1) is 0 Å². The molecule has 1 rings (SSSR count). The van der Waals surface area contributed by atoms with Gasteiger partial charge in [-0.1, -0.05) is 37.6 Å². The van der Waals surface area contributed by atoms with Crippen LogP contribution < -0.4 is 0 Å². The Balaban J connectivity index is 0.00000106. The molecule has 0 aliphatic carbocycles. The average Bonchev–Trinajstić information content (AvgIpc) is 2.23. The van der Waals surface area contributed by atoms with Crippen molar-refractivity contribution in [1.29, 1.82) is 0 Å². The highest BCUT2D eigenvalue weighted by atomic mass is 35.5. The first kappa shape index (κ1) is 15.1. The van der Waals surface area contributed by atoms with Crippen molar-refractivity contribution in [3.63, 3.8) is 0 Å². The number of rotatable bonds is 3. The maximum Gasteiger partial charge on any atom is 0.151 e. The maximum atomic E-state index is 11.4. The van der Waals surface area contributed by atoms with Gasteiger partial charge in [0.1, 0.15) is 0 Å². The Kier molecular flexibility index (Phi) is 7.02. The number of hydrogen-bond acceptors (Lipinski definition) is 2. The second kappa shape index (κ2) is 7.42. The van der Waals surface area contributed by atoms with Crippen LogP contribution in [-0.4, -0.2) is 24.8 Å². The monoisotopic (exact) mass is 241 g/mol. The van der Waals surface area contributed by atoms with Gasteiger partial charge in [-0.05, 0) is 38.7 Å². The summed E-state index contributed by atoms with van der Waals surface area (Å²) in [5.41, 5.74) is 0.979. The van der Waals surface area contributed by atoms with Gasteiger partial charge in [-0.3, -0.25) is 9.69 Å². The molecule has 0 saturated heterocycles. The Bertz CT molecular complexity index is 319. The summed E-state index contributed by atoms with van der Waals surface area (Å²) in [6, 6.07) is 7.20. The Labute approximate surface area is 103 Å². The maximum absolute atomic E-state index is 11.4. The molecule has 3 heteroatoms. The lowest BCUT2D eigenvalue weighted by Gasteiger charge is -2.21. The summed E-state index contributed by atoms with van der Waals surface area (Å²) >= 11 is 5.78. The Hall–Kier alpha value is -0.860. The zero-order valence-electron chi connectivity index (χ0n) is 10.6. The first-order chi connectivity index (χ1) is 7.52. The van der Waals surface area contributed by atoms with Crippen LogP contribution in [0.4, 0.5) is 0 Å². The van der Waals surface area contributed by atoms with E-state index in [1.54, 1.807) is 19.1 Å². The Morgan fingerprint density at radius 3 is 1.94 bits per heavy atom. The van der Waals surface area contributed by atoms with Crippen molar-refractivity contribution in [2.45, 2.75) is 26.8 Å². The Morgan fingerprint density at radius 2 is 1.62 bits per heavy atom. The molecule has 0 spiro atoms. The molecule has 0 aromatic heterocycles. The molecule has 1 aromatic rings. The highest BCUT2D eigenvalue weighted by Crippen LogP contribution is 2.20. The summed E-state index contributed by atoms with van der Waals surface area (Å²) in [5.74, 6) is 0.136. The standard InChI is InChI=1S/C11H14ClNO.C2H6/c1-8(14)11(13(2)3)9-4-6-10(12)7-5-9;1-2/h4-7,11H,1-3H3;1-2H3. The molecule has 0 aliphatic heterocycles. The second-order valence-corrected chi connectivity index (χ2v) is 3.96. The molecule has 0 N–H and O–H groups in total. The first-order valence-electron chi connectivity index (χ1n) is 5.44. The van der Waals surface area contributed by atoms with E-state index in [9.17, 15) is 4.79 Å². The third-order valence-electron chi connectivity index (χ3n) is 2.09. The molecule has 2 nitrogen and oxygen atoms in total. The van der Waals surface area contributed by atoms with Crippen molar-refractivity contribution < 1.29 is 4.79 Å². The molecule has 0 fully saturated rings. The van der Waals surface area contributed by atoms with E-state index in [2.05, 4.69) is 0 Å². The molecule has 1 aromatic carbocycles. The number of carbonyl (C=O) groups is 1. The van der Waals surface area contributed by atoms with Gasteiger partial charge in [0.25, 0.3) is 0 Å². The number of Topliss-reactive ketones (excluding diaryl/α,β-unsaturated/α-hetero) is 1. The summed E-state index contributed by atoms with van der Waals surface area (Å²) in [4.78, 5) is 13.3. The van der Waals surface area contributed by atoms with Crippen molar-refractivity contribution in [3.05, 3.63) is 34.9 Å². The van der Waals surface area contributed by atoms with Crippen LogP contribution in [0.15, 0.2) is 24.3 Å². The highest BCUT2D eigenvalue weighted by Gasteiger charge is 2.18. The molecular formula is C13H20ClNO. The van der Waals surface area contributed by atoms with Gasteiger partial charge in [0, 0.05) is 5.02 Å². The van der Waals surface area contributed by atoms with Crippen LogP contribution in [0.1, 0.15) is 32.4 Å². The fourth-order valence-electron chi connectivity index (χ4n) is 1.54. The van der Waals surface area contributed by atoms with Gasteiger partial charge < -0.3 is 0 Å². The van der Waals surface area contributed by atoms with Gasteiger partial charge >= 0.3 is 0 Å². The molecule has 0 heterocycles. The molecule has 90 valence electrons. The normalized spacial score (nSPS) is 11.7. The molecule has 0 saturated carbocycles. The molecule has 0 aliphatic rings. The molecule has 0 radical (unpaired) electrons. The number of nitrogens with zero attached hydrogens (tertiary/aromatic N) is 1. The number of halogens is 1. The molecule has 1 atom stereocenters. The van der Waals surface area contributed by atoms with Gasteiger partial charge in [0.2, 0.25) is 0 Å². The van der Waals surface area contributed by atoms with E-state index >= 15 is 0 Å². The van der Waals surface area contributed by atoms with Crippen molar-refractivity contribution in [1.82, 2.24) is 4.90 Å². The lowest BCUT2D eigenvalue weighted by molar-refractivity contribution is -0.121. The summed E-state index contributed by atoms with van der Waals surface area (Å²) in [6.45, 7) is 5.60. The number of hydrogen-bond donors (Lipinski definition) is 0. The zero-order valence-corrected chi connectivity index (χ0v) is 11.4. The fourth-order valence-corrected chi connectivity index (χ4v) is 1.67. The SMILES string of the molecule is CC.CC(=O)C(c1ccc(Cl)cc1)N(C)C. The molecular weight excluding hydrogens is 222 g/mol. The van der Waals surface area contributed by atoms with E-state index in [0.717, 1.165) is 5.56 Å². The van der Waals surface area contributed by atoms with Crippen molar-refractivity contribution >= 4 is 17.4 Å². The lowest BCUT2D eigenvalue weighted by Crippen LogP contribution is -2.25.